The number of nitrogens with zero attached hydrogens (tertiary/aromatic N) is 5. The Bertz CT molecular complexity index is 1370. The monoisotopic (exact) mass is 478 g/mol. The summed E-state index contributed by atoms with van der Waals surface area (Å²) in [5.74, 6) is -1.58. The van der Waals surface area contributed by atoms with Crippen LogP contribution < -0.4 is 5.32 Å². The molecule has 0 radical (unpaired) electrons. The molecule has 33 heavy (non-hydrogen) atoms. The molecule has 0 spiro atoms. The zero-order valence-corrected chi connectivity index (χ0v) is 18.4. The fourth-order valence-corrected chi connectivity index (χ4v) is 4.08. The predicted molar refractivity (Wildman–Crippen MR) is 113 cm³/mol. The van der Waals surface area contributed by atoms with Crippen LogP contribution in [0.4, 0.5) is 18.9 Å². The third kappa shape index (κ3) is 4.18. The van der Waals surface area contributed by atoms with Gasteiger partial charge in [-0.05, 0) is 24.6 Å². The van der Waals surface area contributed by atoms with Gasteiger partial charge in [-0.15, -0.1) is 11.3 Å². The molecule has 0 atom stereocenters. The number of aryl methyl sites for hydroxylation is 2. The summed E-state index contributed by atoms with van der Waals surface area (Å²) in [6.45, 7) is 1.95. The predicted octanol–water partition coefficient (Wildman–Crippen LogP) is 3.81. The van der Waals surface area contributed by atoms with Crippen molar-refractivity contribution < 1.29 is 27.5 Å². The smallest absolute Gasteiger partial charge is 0.433 e. The molecule has 1 amide bonds. The summed E-state index contributed by atoms with van der Waals surface area (Å²) >= 11 is 1.35. The average molecular weight is 478 g/mol. The molecule has 0 bridgehead atoms. The highest BCUT2D eigenvalue weighted by Gasteiger charge is 2.36. The SMILES string of the molecule is CCc1ccc(-c2cc(C(F)(F)F)n3nc(C(=O)Nc4cnn(C)c4C(=O)OC)cc3n2)s1. The van der Waals surface area contributed by atoms with E-state index in [1.165, 1.54) is 36.4 Å². The zero-order valence-electron chi connectivity index (χ0n) is 17.6. The first-order valence-electron chi connectivity index (χ1n) is 9.61. The van der Waals surface area contributed by atoms with Crippen LogP contribution in [0.1, 0.15) is 38.5 Å². The minimum Gasteiger partial charge on any atom is -0.464 e. The Labute approximate surface area is 188 Å². The number of alkyl halides is 3. The maximum absolute atomic E-state index is 13.8. The quantitative estimate of drug-likeness (QED) is 0.438. The van der Waals surface area contributed by atoms with Crippen molar-refractivity contribution in [2.45, 2.75) is 19.5 Å². The van der Waals surface area contributed by atoms with E-state index in [2.05, 4.69) is 25.2 Å². The number of aromatic nitrogens is 5. The number of methoxy groups -OCH3 is 1. The number of thiophene rings is 1. The molecular formula is C20H17F3N6O3S. The minimum absolute atomic E-state index is 0.0294. The zero-order chi connectivity index (χ0) is 23.9. The summed E-state index contributed by atoms with van der Waals surface area (Å²) in [6.07, 6.45) is -2.76. The maximum Gasteiger partial charge on any atom is 0.433 e. The lowest BCUT2D eigenvalue weighted by molar-refractivity contribution is -0.142. The van der Waals surface area contributed by atoms with Crippen LogP contribution in [0.5, 0.6) is 0 Å². The molecule has 13 heteroatoms. The van der Waals surface area contributed by atoms with Gasteiger partial charge in [-0.1, -0.05) is 6.92 Å². The number of carbonyl (C=O) groups excluding carboxylic acids is 2. The number of hydrogen-bond acceptors (Lipinski definition) is 7. The summed E-state index contributed by atoms with van der Waals surface area (Å²) in [6, 6.07) is 5.60. The standard InChI is InChI=1S/C20H17F3N6O3S/c1-4-10-5-6-14(33-10)11-7-15(20(21,22)23)29-16(25-11)8-12(27-29)18(30)26-13-9-24-28(2)17(13)19(31)32-3/h5-9H,4H2,1-3H3,(H,26,30). The second-order valence-electron chi connectivity index (χ2n) is 6.92. The molecular weight excluding hydrogens is 461 g/mol. The molecule has 0 aromatic carbocycles. The molecule has 4 aromatic heterocycles. The Hall–Kier alpha value is -3.74. The molecule has 0 unspecified atom stereocenters. The second kappa shape index (κ2) is 8.31. The Morgan fingerprint density at radius 1 is 1.24 bits per heavy atom. The third-order valence-electron chi connectivity index (χ3n) is 4.78. The Kier molecular flexibility index (Phi) is 5.66. The van der Waals surface area contributed by atoms with E-state index >= 15 is 0 Å². The molecule has 0 aliphatic rings. The molecule has 9 nitrogen and oxygen atoms in total. The van der Waals surface area contributed by atoms with E-state index in [-0.39, 0.29) is 28.4 Å². The number of ether oxygens (including phenoxy) is 1. The summed E-state index contributed by atoms with van der Waals surface area (Å²) in [4.78, 5) is 30.5. The highest BCUT2D eigenvalue weighted by molar-refractivity contribution is 7.15. The van der Waals surface area contributed by atoms with Crippen molar-refractivity contribution >= 4 is 34.5 Å². The number of fused-ring (bicyclic) bond motifs is 1. The number of carbonyl (C=O) groups is 2. The van der Waals surface area contributed by atoms with Crippen LogP contribution in [-0.2, 0) is 24.4 Å². The van der Waals surface area contributed by atoms with E-state index < -0.39 is 23.7 Å². The van der Waals surface area contributed by atoms with Crippen molar-refractivity contribution in [3.8, 4) is 10.6 Å². The van der Waals surface area contributed by atoms with Crippen LogP contribution in [0.15, 0.2) is 30.5 Å². The van der Waals surface area contributed by atoms with Crippen molar-refractivity contribution in [1.29, 1.82) is 0 Å². The molecule has 0 aliphatic carbocycles. The van der Waals surface area contributed by atoms with Crippen LogP contribution >= 0.6 is 11.3 Å². The Morgan fingerprint density at radius 3 is 2.64 bits per heavy atom. The lowest BCUT2D eigenvalue weighted by Gasteiger charge is -2.10. The molecule has 1 N–H and O–H groups in total. The topological polar surface area (TPSA) is 103 Å². The van der Waals surface area contributed by atoms with Gasteiger partial charge in [0, 0.05) is 18.0 Å². The second-order valence-corrected chi connectivity index (χ2v) is 8.09. The maximum atomic E-state index is 13.8. The van der Waals surface area contributed by atoms with Crippen LogP contribution in [0.3, 0.4) is 0 Å². The number of halogens is 3. The van der Waals surface area contributed by atoms with Crippen molar-refractivity contribution in [2.24, 2.45) is 7.05 Å². The van der Waals surface area contributed by atoms with Gasteiger partial charge in [0.2, 0.25) is 0 Å². The average Bonchev–Trinajstić information content (AvgIpc) is 3.49. The first kappa shape index (κ1) is 22.5. The van der Waals surface area contributed by atoms with Gasteiger partial charge < -0.3 is 10.1 Å². The van der Waals surface area contributed by atoms with Crippen molar-refractivity contribution in [1.82, 2.24) is 24.4 Å². The summed E-state index contributed by atoms with van der Waals surface area (Å²) in [5.41, 5.74) is -1.39. The molecule has 0 fully saturated rings. The first-order chi connectivity index (χ1) is 15.6. The van der Waals surface area contributed by atoms with Crippen LogP contribution in [0, 0.1) is 0 Å². The van der Waals surface area contributed by atoms with Gasteiger partial charge in [0.25, 0.3) is 5.91 Å². The Balaban J connectivity index is 1.76. The van der Waals surface area contributed by atoms with Gasteiger partial charge >= 0.3 is 12.1 Å². The Morgan fingerprint density at radius 2 is 2.00 bits per heavy atom. The largest absolute Gasteiger partial charge is 0.464 e. The lowest BCUT2D eigenvalue weighted by Crippen LogP contribution is -2.17. The number of nitrogens with one attached hydrogen (secondary N) is 1. The number of anilines is 1. The summed E-state index contributed by atoms with van der Waals surface area (Å²) in [7, 11) is 2.64. The van der Waals surface area contributed by atoms with Crippen molar-refractivity contribution in [2.75, 3.05) is 12.4 Å². The first-order valence-corrected chi connectivity index (χ1v) is 10.4. The van der Waals surface area contributed by atoms with Gasteiger partial charge in [0.1, 0.15) is 0 Å². The van der Waals surface area contributed by atoms with E-state index in [9.17, 15) is 22.8 Å². The number of esters is 1. The van der Waals surface area contributed by atoms with E-state index in [1.54, 1.807) is 6.07 Å². The minimum atomic E-state index is -4.73. The number of hydrogen-bond donors (Lipinski definition) is 1. The molecule has 0 aliphatic heterocycles. The van der Waals surface area contributed by atoms with E-state index in [1.807, 2.05) is 13.0 Å². The normalized spacial score (nSPS) is 11.7. The molecule has 4 heterocycles. The lowest BCUT2D eigenvalue weighted by atomic mass is 10.2. The summed E-state index contributed by atoms with van der Waals surface area (Å²) < 4.78 is 47.8. The third-order valence-corrected chi connectivity index (χ3v) is 6.03. The van der Waals surface area contributed by atoms with Gasteiger partial charge in [0.15, 0.2) is 22.7 Å². The highest BCUT2D eigenvalue weighted by Crippen LogP contribution is 2.34. The van der Waals surface area contributed by atoms with Gasteiger partial charge in [0.05, 0.1) is 29.6 Å². The summed E-state index contributed by atoms with van der Waals surface area (Å²) in [5, 5.41) is 10.1. The molecule has 4 aromatic rings. The van der Waals surface area contributed by atoms with Crippen LogP contribution in [0.25, 0.3) is 16.2 Å². The molecule has 4 rings (SSSR count). The van der Waals surface area contributed by atoms with Gasteiger partial charge in [-0.3, -0.25) is 9.48 Å². The molecule has 0 saturated heterocycles. The fraction of sp³-hybridized carbons (Fsp3) is 0.250. The van der Waals surface area contributed by atoms with Crippen molar-refractivity contribution in [3.63, 3.8) is 0 Å². The van der Waals surface area contributed by atoms with E-state index in [0.29, 0.717) is 9.39 Å². The number of amides is 1. The van der Waals surface area contributed by atoms with Crippen LogP contribution in [0.2, 0.25) is 0 Å². The van der Waals surface area contributed by atoms with Gasteiger partial charge in [-0.2, -0.15) is 23.4 Å². The molecule has 172 valence electrons. The van der Waals surface area contributed by atoms with E-state index in [4.69, 9.17) is 0 Å². The van der Waals surface area contributed by atoms with E-state index in [0.717, 1.165) is 23.4 Å². The molecule has 0 saturated carbocycles. The number of rotatable bonds is 5. The van der Waals surface area contributed by atoms with Crippen molar-refractivity contribution in [3.05, 3.63) is 52.4 Å². The van der Waals surface area contributed by atoms with Crippen LogP contribution in [-0.4, -0.2) is 43.4 Å². The van der Waals surface area contributed by atoms with Gasteiger partial charge in [-0.25, -0.2) is 14.3 Å². The highest BCUT2D eigenvalue weighted by atomic mass is 32.1. The fourth-order valence-electron chi connectivity index (χ4n) is 3.17.